The molecule has 0 spiro atoms. The van der Waals surface area contributed by atoms with E-state index in [-0.39, 0.29) is 11.4 Å². The Hall–Kier alpha value is -2.35. The van der Waals surface area contributed by atoms with E-state index < -0.39 is 18.1 Å². The minimum atomic E-state index is -0.937. The number of rotatable bonds is 2. The van der Waals surface area contributed by atoms with Crippen LogP contribution in [0, 0.1) is 0 Å². The predicted molar refractivity (Wildman–Crippen MR) is 73.9 cm³/mol. The number of benzene rings is 1. The summed E-state index contributed by atoms with van der Waals surface area (Å²) < 4.78 is 7.19. The topological polar surface area (TPSA) is 94.6 Å². The Morgan fingerprint density at radius 2 is 2.20 bits per heavy atom. The van der Waals surface area contributed by atoms with Crippen LogP contribution < -0.4 is 15.5 Å². The molecule has 1 aromatic heterocycles. The molecule has 7 nitrogen and oxygen atoms in total. The predicted octanol–water partition coefficient (Wildman–Crippen LogP) is 0.410. The minimum absolute atomic E-state index is 0.0730. The first-order chi connectivity index (χ1) is 9.47. The number of carbonyl (C=O) groups is 2. The summed E-state index contributed by atoms with van der Waals surface area (Å²) in [6, 6.07) is 5.19. The normalized spacial score (nSPS) is 18.6. The van der Waals surface area contributed by atoms with Crippen molar-refractivity contribution >= 4 is 39.2 Å². The van der Waals surface area contributed by atoms with E-state index in [1.54, 1.807) is 25.2 Å². The van der Waals surface area contributed by atoms with Crippen LogP contribution in [0.2, 0.25) is 0 Å². The second-order valence-electron chi connectivity index (χ2n) is 4.46. The molecule has 20 heavy (non-hydrogen) atoms. The van der Waals surface area contributed by atoms with E-state index in [1.165, 1.54) is 9.47 Å². The number of cyclic esters (lactones) is 1. The maximum absolute atomic E-state index is 11.7. The Morgan fingerprint density at radius 1 is 1.45 bits per heavy atom. The molecular weight excluding hydrogens is 282 g/mol. The molecule has 1 aromatic carbocycles. The van der Waals surface area contributed by atoms with Crippen LogP contribution in [0.4, 0.5) is 10.5 Å². The van der Waals surface area contributed by atoms with Crippen LogP contribution >= 0.6 is 11.3 Å². The fraction of sp³-hybridized carbons (Fsp3) is 0.250. The number of amides is 2. The first kappa shape index (κ1) is 12.7. The Balaban J connectivity index is 2.01. The van der Waals surface area contributed by atoms with Gasteiger partial charge in [-0.2, -0.15) is 0 Å². The number of hydrogen-bond acceptors (Lipinski definition) is 5. The highest BCUT2D eigenvalue weighted by Gasteiger charge is 2.35. The molecule has 1 fully saturated rings. The number of aryl methyl sites for hydroxylation is 1. The highest BCUT2D eigenvalue weighted by Crippen LogP contribution is 2.27. The van der Waals surface area contributed by atoms with Gasteiger partial charge in [0.2, 0.25) is 0 Å². The number of anilines is 1. The Morgan fingerprint density at radius 3 is 2.85 bits per heavy atom. The van der Waals surface area contributed by atoms with E-state index in [1.807, 2.05) is 0 Å². The van der Waals surface area contributed by atoms with E-state index >= 15 is 0 Å². The van der Waals surface area contributed by atoms with Gasteiger partial charge in [-0.15, -0.1) is 0 Å². The summed E-state index contributed by atoms with van der Waals surface area (Å²) in [5, 5.41) is 0. The van der Waals surface area contributed by atoms with Gasteiger partial charge >= 0.3 is 11.0 Å². The number of hydrogen-bond donors (Lipinski definition) is 1. The lowest BCUT2D eigenvalue weighted by atomic mass is 10.2. The molecule has 2 amide bonds. The molecule has 2 heterocycles. The number of carbonyl (C=O) groups excluding carboxylic acids is 2. The quantitative estimate of drug-likeness (QED) is 0.867. The summed E-state index contributed by atoms with van der Waals surface area (Å²) in [6.07, 6.45) is -1.55. The van der Waals surface area contributed by atoms with E-state index in [9.17, 15) is 14.4 Å². The van der Waals surface area contributed by atoms with E-state index in [0.717, 1.165) is 21.6 Å². The van der Waals surface area contributed by atoms with Crippen LogP contribution in [0.5, 0.6) is 0 Å². The van der Waals surface area contributed by atoms with Gasteiger partial charge in [-0.1, -0.05) is 11.3 Å². The Kier molecular flexibility index (Phi) is 2.75. The van der Waals surface area contributed by atoms with Crippen molar-refractivity contribution in [3.63, 3.8) is 0 Å². The molecule has 0 bridgehead atoms. The van der Waals surface area contributed by atoms with Gasteiger partial charge in [0.05, 0.1) is 16.8 Å². The van der Waals surface area contributed by atoms with Crippen molar-refractivity contribution < 1.29 is 14.3 Å². The van der Waals surface area contributed by atoms with Crippen LogP contribution in [-0.4, -0.2) is 29.2 Å². The molecule has 2 aromatic rings. The van der Waals surface area contributed by atoms with Gasteiger partial charge in [0, 0.05) is 12.7 Å². The zero-order valence-electron chi connectivity index (χ0n) is 10.5. The van der Waals surface area contributed by atoms with Crippen molar-refractivity contribution in [2.75, 3.05) is 11.4 Å². The lowest BCUT2D eigenvalue weighted by molar-refractivity contribution is -0.124. The summed E-state index contributed by atoms with van der Waals surface area (Å²) in [5.41, 5.74) is 6.50. The monoisotopic (exact) mass is 293 g/mol. The third-order valence-electron chi connectivity index (χ3n) is 3.22. The van der Waals surface area contributed by atoms with E-state index in [4.69, 9.17) is 10.5 Å². The zero-order chi connectivity index (χ0) is 14.4. The number of ether oxygens (including phenoxy) is 1. The van der Waals surface area contributed by atoms with Crippen molar-refractivity contribution in [1.82, 2.24) is 4.57 Å². The second-order valence-corrected chi connectivity index (χ2v) is 5.46. The van der Waals surface area contributed by atoms with Crippen molar-refractivity contribution in [2.24, 2.45) is 12.8 Å². The van der Waals surface area contributed by atoms with Gasteiger partial charge in [0.15, 0.2) is 6.10 Å². The maximum Gasteiger partial charge on any atom is 0.415 e. The molecule has 0 radical (unpaired) electrons. The van der Waals surface area contributed by atoms with Gasteiger partial charge < -0.3 is 15.0 Å². The van der Waals surface area contributed by atoms with E-state index in [2.05, 4.69) is 0 Å². The Bertz CT molecular complexity index is 779. The zero-order valence-corrected chi connectivity index (χ0v) is 11.3. The van der Waals surface area contributed by atoms with Crippen LogP contribution in [0.15, 0.2) is 23.0 Å². The fourth-order valence-electron chi connectivity index (χ4n) is 2.11. The second kappa shape index (κ2) is 4.34. The van der Waals surface area contributed by atoms with Crippen molar-refractivity contribution in [1.29, 1.82) is 0 Å². The van der Waals surface area contributed by atoms with Crippen LogP contribution in [-0.2, 0) is 16.6 Å². The molecule has 3 rings (SSSR count). The number of fused-ring (bicyclic) bond motifs is 1. The van der Waals surface area contributed by atoms with Crippen molar-refractivity contribution in [3.8, 4) is 0 Å². The smallest absolute Gasteiger partial charge is 0.415 e. The molecular formula is C12H11N3O4S. The summed E-state index contributed by atoms with van der Waals surface area (Å²) in [4.78, 5) is 35.6. The van der Waals surface area contributed by atoms with Gasteiger partial charge in [0.25, 0.3) is 5.91 Å². The molecule has 0 aliphatic carbocycles. The van der Waals surface area contributed by atoms with Crippen LogP contribution in [0.25, 0.3) is 10.2 Å². The number of aromatic nitrogens is 1. The molecule has 1 aliphatic rings. The van der Waals surface area contributed by atoms with Crippen molar-refractivity contribution in [3.05, 3.63) is 27.9 Å². The average molecular weight is 293 g/mol. The molecule has 1 saturated heterocycles. The first-order valence-electron chi connectivity index (χ1n) is 5.84. The van der Waals surface area contributed by atoms with Gasteiger partial charge in [-0.05, 0) is 18.2 Å². The van der Waals surface area contributed by atoms with Gasteiger partial charge in [-0.25, -0.2) is 4.79 Å². The average Bonchev–Trinajstić information content (AvgIpc) is 2.91. The maximum atomic E-state index is 11.7. The lowest BCUT2D eigenvalue weighted by Crippen LogP contribution is -2.32. The Labute approximate surface area is 117 Å². The van der Waals surface area contributed by atoms with Gasteiger partial charge in [-0.3, -0.25) is 14.5 Å². The molecule has 1 unspecified atom stereocenters. The number of primary amides is 1. The molecule has 2 N–H and O–H groups in total. The highest BCUT2D eigenvalue weighted by atomic mass is 32.1. The molecule has 1 atom stereocenters. The SMILES string of the molecule is Cn1c(=O)sc2cc(N3CC(C(N)=O)OC3=O)ccc21. The third kappa shape index (κ3) is 1.85. The molecule has 1 aliphatic heterocycles. The van der Waals surface area contributed by atoms with Gasteiger partial charge in [0.1, 0.15) is 0 Å². The standard InChI is InChI=1S/C12H11N3O4S/c1-14-7-3-2-6(4-9(7)20-12(14)18)15-5-8(10(13)16)19-11(15)17/h2-4,8H,5H2,1H3,(H2,13,16). The van der Waals surface area contributed by atoms with Crippen LogP contribution in [0.3, 0.4) is 0 Å². The fourth-order valence-corrected chi connectivity index (χ4v) is 3.02. The minimum Gasteiger partial charge on any atom is -0.434 e. The highest BCUT2D eigenvalue weighted by molar-refractivity contribution is 7.16. The van der Waals surface area contributed by atoms with Crippen molar-refractivity contribution in [2.45, 2.75) is 6.10 Å². The first-order valence-corrected chi connectivity index (χ1v) is 6.66. The number of thiazole rings is 1. The van der Waals surface area contributed by atoms with Crippen LogP contribution in [0.1, 0.15) is 0 Å². The number of nitrogens with zero attached hydrogens (tertiary/aromatic N) is 2. The summed E-state index contributed by atoms with van der Waals surface area (Å²) in [7, 11) is 1.69. The lowest BCUT2D eigenvalue weighted by Gasteiger charge is -2.12. The summed E-state index contributed by atoms with van der Waals surface area (Å²) in [6.45, 7) is 0.0847. The molecule has 104 valence electrons. The summed E-state index contributed by atoms with van der Waals surface area (Å²) >= 11 is 1.10. The molecule has 8 heteroatoms. The summed E-state index contributed by atoms with van der Waals surface area (Å²) in [5.74, 6) is -0.675. The molecule has 0 saturated carbocycles. The number of nitrogens with two attached hydrogens (primary N) is 1. The van der Waals surface area contributed by atoms with E-state index in [0.29, 0.717) is 5.69 Å². The largest absolute Gasteiger partial charge is 0.434 e. The third-order valence-corrected chi connectivity index (χ3v) is 4.21.